The van der Waals surface area contributed by atoms with Crippen LogP contribution in [-0.2, 0) is 6.42 Å². The predicted molar refractivity (Wildman–Crippen MR) is 79.9 cm³/mol. The van der Waals surface area contributed by atoms with E-state index in [1.807, 2.05) is 11.6 Å². The van der Waals surface area contributed by atoms with E-state index >= 15 is 0 Å². The van der Waals surface area contributed by atoms with E-state index in [9.17, 15) is 0 Å². The van der Waals surface area contributed by atoms with Crippen molar-refractivity contribution in [1.82, 2.24) is 9.78 Å². The normalized spacial score (nSPS) is 12.7. The lowest BCUT2D eigenvalue weighted by molar-refractivity contribution is 0.736. The van der Waals surface area contributed by atoms with Crippen molar-refractivity contribution >= 4 is 0 Å². The maximum Gasteiger partial charge on any atom is 0.0678 e. The zero-order valence-electron chi connectivity index (χ0n) is 12.5. The van der Waals surface area contributed by atoms with Crippen LogP contribution in [0.1, 0.15) is 35.0 Å². The molecule has 0 bridgehead atoms. The van der Waals surface area contributed by atoms with Gasteiger partial charge >= 0.3 is 0 Å². The van der Waals surface area contributed by atoms with Crippen LogP contribution in [0.5, 0.6) is 0 Å². The third kappa shape index (κ3) is 2.71. The van der Waals surface area contributed by atoms with Crippen LogP contribution in [0.15, 0.2) is 18.2 Å². The Balaban J connectivity index is 2.43. The van der Waals surface area contributed by atoms with Gasteiger partial charge in [-0.15, -0.1) is 0 Å². The van der Waals surface area contributed by atoms with Gasteiger partial charge in [-0.05, 0) is 63.8 Å². The van der Waals surface area contributed by atoms with Crippen LogP contribution in [0, 0.1) is 27.7 Å². The number of rotatable bonds is 3. The zero-order valence-corrected chi connectivity index (χ0v) is 12.5. The van der Waals surface area contributed by atoms with Crippen molar-refractivity contribution in [2.75, 3.05) is 0 Å². The smallest absolute Gasteiger partial charge is 0.0678 e. The summed E-state index contributed by atoms with van der Waals surface area (Å²) < 4.78 is 2.04. The number of hydrogen-bond donors (Lipinski definition) is 1. The summed E-state index contributed by atoms with van der Waals surface area (Å²) in [5, 5.41) is 4.62. The SMILES string of the molecule is Cc1cc(CC(C)N)ccc1-n1nc(C)c(C)c1C. The largest absolute Gasteiger partial charge is 0.328 e. The molecular formula is C16H23N3. The lowest BCUT2D eigenvalue weighted by Crippen LogP contribution is -2.17. The number of benzene rings is 1. The van der Waals surface area contributed by atoms with Crippen molar-refractivity contribution in [3.8, 4) is 5.69 Å². The first-order valence-corrected chi connectivity index (χ1v) is 6.78. The summed E-state index contributed by atoms with van der Waals surface area (Å²) in [6.07, 6.45) is 0.914. The fraction of sp³-hybridized carbons (Fsp3) is 0.438. The summed E-state index contributed by atoms with van der Waals surface area (Å²) in [5.74, 6) is 0. The second kappa shape index (κ2) is 5.17. The van der Waals surface area contributed by atoms with Gasteiger partial charge in [-0.2, -0.15) is 5.10 Å². The molecule has 1 unspecified atom stereocenters. The molecule has 0 saturated carbocycles. The van der Waals surface area contributed by atoms with Crippen LogP contribution in [0.3, 0.4) is 0 Å². The minimum atomic E-state index is 0.196. The van der Waals surface area contributed by atoms with Gasteiger partial charge in [0.25, 0.3) is 0 Å². The Bertz CT molecular complexity index is 594. The zero-order chi connectivity index (χ0) is 14.2. The van der Waals surface area contributed by atoms with Crippen LogP contribution < -0.4 is 5.73 Å². The van der Waals surface area contributed by atoms with Crippen molar-refractivity contribution in [3.05, 3.63) is 46.3 Å². The van der Waals surface area contributed by atoms with E-state index in [4.69, 9.17) is 5.73 Å². The molecule has 3 nitrogen and oxygen atoms in total. The van der Waals surface area contributed by atoms with Gasteiger partial charge in [0.2, 0.25) is 0 Å². The number of aryl methyl sites for hydroxylation is 2. The Morgan fingerprint density at radius 1 is 1.21 bits per heavy atom. The summed E-state index contributed by atoms with van der Waals surface area (Å²) in [4.78, 5) is 0. The van der Waals surface area contributed by atoms with Gasteiger partial charge in [0, 0.05) is 11.7 Å². The van der Waals surface area contributed by atoms with Crippen molar-refractivity contribution in [2.45, 2.75) is 47.1 Å². The second-order valence-corrected chi connectivity index (χ2v) is 5.51. The molecule has 0 aliphatic heterocycles. The van der Waals surface area contributed by atoms with E-state index in [-0.39, 0.29) is 6.04 Å². The lowest BCUT2D eigenvalue weighted by Gasteiger charge is -2.12. The molecule has 2 aromatic rings. The molecule has 0 saturated heterocycles. The van der Waals surface area contributed by atoms with Crippen molar-refractivity contribution in [1.29, 1.82) is 0 Å². The molecule has 102 valence electrons. The van der Waals surface area contributed by atoms with Gasteiger partial charge in [0.1, 0.15) is 0 Å². The van der Waals surface area contributed by atoms with Gasteiger partial charge in [-0.3, -0.25) is 0 Å². The first kappa shape index (κ1) is 13.8. The molecular weight excluding hydrogens is 234 g/mol. The molecule has 2 N–H and O–H groups in total. The van der Waals surface area contributed by atoms with Gasteiger partial charge in [0.05, 0.1) is 11.4 Å². The summed E-state index contributed by atoms with van der Waals surface area (Å²) in [6, 6.07) is 6.70. The average Bonchev–Trinajstić information content (AvgIpc) is 2.56. The summed E-state index contributed by atoms with van der Waals surface area (Å²) >= 11 is 0. The summed E-state index contributed by atoms with van der Waals surface area (Å²) in [6.45, 7) is 10.5. The van der Waals surface area contributed by atoms with Crippen LogP contribution in [0.2, 0.25) is 0 Å². The van der Waals surface area contributed by atoms with Crippen LogP contribution in [0.4, 0.5) is 0 Å². The second-order valence-electron chi connectivity index (χ2n) is 5.51. The number of nitrogens with two attached hydrogens (primary N) is 1. The Morgan fingerprint density at radius 3 is 2.37 bits per heavy atom. The molecule has 1 heterocycles. The highest BCUT2D eigenvalue weighted by Gasteiger charge is 2.11. The van der Waals surface area contributed by atoms with Gasteiger partial charge < -0.3 is 5.73 Å². The Morgan fingerprint density at radius 2 is 1.89 bits per heavy atom. The molecule has 3 heteroatoms. The molecule has 1 aromatic carbocycles. The maximum atomic E-state index is 5.85. The highest BCUT2D eigenvalue weighted by molar-refractivity contribution is 5.45. The minimum absolute atomic E-state index is 0.196. The molecule has 2 rings (SSSR count). The van der Waals surface area contributed by atoms with Crippen molar-refractivity contribution < 1.29 is 0 Å². The van der Waals surface area contributed by atoms with E-state index in [1.165, 1.54) is 22.4 Å². The minimum Gasteiger partial charge on any atom is -0.328 e. The van der Waals surface area contributed by atoms with Crippen molar-refractivity contribution in [3.63, 3.8) is 0 Å². The topological polar surface area (TPSA) is 43.8 Å². The van der Waals surface area contributed by atoms with E-state index in [0.717, 1.165) is 17.8 Å². The average molecular weight is 257 g/mol. The van der Waals surface area contributed by atoms with Gasteiger partial charge in [-0.1, -0.05) is 12.1 Å². The monoisotopic (exact) mass is 257 g/mol. The lowest BCUT2D eigenvalue weighted by atomic mass is 10.0. The molecule has 0 spiro atoms. The predicted octanol–water partition coefficient (Wildman–Crippen LogP) is 3.00. The summed E-state index contributed by atoms with van der Waals surface area (Å²) in [5.41, 5.74) is 13.1. The fourth-order valence-electron chi connectivity index (χ4n) is 2.41. The quantitative estimate of drug-likeness (QED) is 0.918. The van der Waals surface area contributed by atoms with Gasteiger partial charge in [-0.25, -0.2) is 4.68 Å². The first-order chi connectivity index (χ1) is 8.90. The standard InChI is InChI=1S/C16H23N3/c1-10-8-15(9-11(2)17)6-7-16(10)19-14(5)12(3)13(4)18-19/h6-8,11H,9,17H2,1-5H3. The first-order valence-electron chi connectivity index (χ1n) is 6.78. The number of hydrogen-bond acceptors (Lipinski definition) is 2. The van der Waals surface area contributed by atoms with Crippen LogP contribution in [-0.4, -0.2) is 15.8 Å². The third-order valence-electron chi connectivity index (χ3n) is 3.70. The molecule has 1 atom stereocenters. The van der Waals surface area contributed by atoms with Gasteiger partial charge in [0.15, 0.2) is 0 Å². The molecule has 0 aliphatic carbocycles. The molecule has 1 aromatic heterocycles. The molecule has 0 amide bonds. The number of nitrogens with zero attached hydrogens (tertiary/aromatic N) is 2. The molecule has 19 heavy (non-hydrogen) atoms. The van der Waals surface area contributed by atoms with Crippen molar-refractivity contribution in [2.24, 2.45) is 5.73 Å². The van der Waals surface area contributed by atoms with Crippen LogP contribution >= 0.6 is 0 Å². The Hall–Kier alpha value is -1.61. The molecule has 0 aliphatic rings. The third-order valence-corrected chi connectivity index (χ3v) is 3.70. The highest BCUT2D eigenvalue weighted by Crippen LogP contribution is 2.21. The van der Waals surface area contributed by atoms with Crippen LogP contribution in [0.25, 0.3) is 5.69 Å². The molecule has 0 fully saturated rings. The Labute approximate surface area is 115 Å². The van der Waals surface area contributed by atoms with E-state index < -0.39 is 0 Å². The summed E-state index contributed by atoms with van der Waals surface area (Å²) in [7, 11) is 0. The fourth-order valence-corrected chi connectivity index (χ4v) is 2.41. The maximum absolute atomic E-state index is 5.85. The van der Waals surface area contributed by atoms with E-state index in [1.54, 1.807) is 0 Å². The molecule has 0 radical (unpaired) electrons. The number of aromatic nitrogens is 2. The Kier molecular flexibility index (Phi) is 3.76. The van der Waals surface area contributed by atoms with E-state index in [2.05, 4.69) is 51.0 Å². The highest BCUT2D eigenvalue weighted by atomic mass is 15.3. The van der Waals surface area contributed by atoms with E-state index in [0.29, 0.717) is 0 Å².